The third kappa shape index (κ3) is 2.64. The van der Waals surface area contributed by atoms with Gasteiger partial charge in [0.15, 0.2) is 0 Å². The first-order valence-electron chi connectivity index (χ1n) is 9.17. The number of carbonyl (C=O) groups is 1. The summed E-state index contributed by atoms with van der Waals surface area (Å²) in [6.45, 7) is 7.88. The van der Waals surface area contributed by atoms with Gasteiger partial charge in [-0.3, -0.25) is 0 Å². The highest BCUT2D eigenvalue weighted by molar-refractivity contribution is 5.89. The van der Waals surface area contributed by atoms with Gasteiger partial charge in [0.2, 0.25) is 0 Å². The van der Waals surface area contributed by atoms with E-state index in [0.717, 1.165) is 12.0 Å². The van der Waals surface area contributed by atoms with E-state index in [9.17, 15) is 15.0 Å². The molecule has 4 nitrogen and oxygen atoms in total. The molecular formula is C20H30O4. The van der Waals surface area contributed by atoms with E-state index in [0.29, 0.717) is 38.0 Å². The largest absolute Gasteiger partial charge is 0.453 e. The average Bonchev–Trinajstić information content (AvgIpc) is 2.62. The zero-order valence-corrected chi connectivity index (χ0v) is 15.3. The SMILES string of the molecule is CC(C)C1=CC2C(C)(O)CCC2(O)C2(C)CCC=C(CC1)C(=O)O2. The first kappa shape index (κ1) is 17.7. The summed E-state index contributed by atoms with van der Waals surface area (Å²) in [4.78, 5) is 12.6. The van der Waals surface area contributed by atoms with E-state index < -0.39 is 22.7 Å². The number of hydrogen-bond donors (Lipinski definition) is 2. The predicted molar refractivity (Wildman–Crippen MR) is 92.3 cm³/mol. The molecule has 4 unspecified atom stereocenters. The number of rotatable bonds is 1. The molecule has 2 heterocycles. The molecule has 1 fully saturated rings. The lowest BCUT2D eigenvalue weighted by Gasteiger charge is -2.46. The van der Waals surface area contributed by atoms with Crippen molar-refractivity contribution in [1.29, 1.82) is 0 Å². The van der Waals surface area contributed by atoms with Gasteiger partial charge in [-0.05, 0) is 58.3 Å². The van der Waals surface area contributed by atoms with Crippen LogP contribution in [0.3, 0.4) is 0 Å². The van der Waals surface area contributed by atoms with Gasteiger partial charge in [-0.1, -0.05) is 31.6 Å². The zero-order chi connectivity index (χ0) is 17.8. The fourth-order valence-corrected chi connectivity index (χ4v) is 4.67. The molecule has 0 aromatic carbocycles. The van der Waals surface area contributed by atoms with Crippen LogP contribution in [0.25, 0.3) is 0 Å². The molecule has 4 atom stereocenters. The molecule has 134 valence electrons. The van der Waals surface area contributed by atoms with E-state index in [1.54, 1.807) is 6.92 Å². The van der Waals surface area contributed by atoms with Gasteiger partial charge in [-0.2, -0.15) is 0 Å². The number of allylic oxidation sites excluding steroid dienone is 2. The van der Waals surface area contributed by atoms with Crippen molar-refractivity contribution in [2.45, 2.75) is 83.0 Å². The summed E-state index contributed by atoms with van der Waals surface area (Å²) in [6, 6.07) is 0. The summed E-state index contributed by atoms with van der Waals surface area (Å²) >= 11 is 0. The molecule has 0 aromatic rings. The monoisotopic (exact) mass is 334 g/mol. The van der Waals surface area contributed by atoms with Crippen molar-refractivity contribution in [1.82, 2.24) is 0 Å². The molecule has 3 aliphatic rings. The molecule has 0 aromatic heterocycles. The van der Waals surface area contributed by atoms with Crippen LogP contribution in [0.2, 0.25) is 0 Å². The van der Waals surface area contributed by atoms with Crippen LogP contribution >= 0.6 is 0 Å². The number of esters is 1. The van der Waals surface area contributed by atoms with Gasteiger partial charge in [0.1, 0.15) is 11.2 Å². The minimum absolute atomic E-state index is 0.307. The molecule has 2 bridgehead atoms. The van der Waals surface area contributed by atoms with E-state index in [2.05, 4.69) is 19.9 Å². The average molecular weight is 334 g/mol. The highest BCUT2D eigenvalue weighted by atomic mass is 16.6. The van der Waals surface area contributed by atoms with Crippen LogP contribution in [-0.2, 0) is 9.53 Å². The molecule has 2 aliphatic heterocycles. The Morgan fingerprint density at radius 3 is 2.54 bits per heavy atom. The Labute approximate surface area is 144 Å². The molecule has 1 saturated carbocycles. The molecule has 1 aliphatic carbocycles. The minimum Gasteiger partial charge on any atom is -0.453 e. The number of fused-ring (bicyclic) bond motifs is 5. The quantitative estimate of drug-likeness (QED) is 0.570. The lowest BCUT2D eigenvalue weighted by Crippen LogP contribution is -2.59. The molecule has 0 amide bonds. The fraction of sp³-hybridized carbons (Fsp3) is 0.750. The molecule has 2 N–H and O–H groups in total. The number of ether oxygens (including phenoxy) is 1. The van der Waals surface area contributed by atoms with E-state index >= 15 is 0 Å². The van der Waals surface area contributed by atoms with E-state index in [-0.39, 0.29) is 5.97 Å². The zero-order valence-electron chi connectivity index (χ0n) is 15.3. The van der Waals surface area contributed by atoms with Gasteiger partial charge >= 0.3 is 5.97 Å². The molecular weight excluding hydrogens is 304 g/mol. The summed E-state index contributed by atoms with van der Waals surface area (Å²) in [6.07, 6.45) is 7.71. The van der Waals surface area contributed by atoms with Crippen molar-refractivity contribution in [2.75, 3.05) is 0 Å². The second-order valence-electron chi connectivity index (χ2n) is 8.54. The Bertz CT molecular complexity index is 601. The van der Waals surface area contributed by atoms with Gasteiger partial charge in [0, 0.05) is 11.5 Å². The first-order valence-corrected chi connectivity index (χ1v) is 9.17. The van der Waals surface area contributed by atoms with Gasteiger partial charge < -0.3 is 14.9 Å². The van der Waals surface area contributed by atoms with Crippen LogP contribution in [0.15, 0.2) is 23.3 Å². The van der Waals surface area contributed by atoms with Crippen LogP contribution in [-0.4, -0.2) is 33.0 Å². The molecule has 0 saturated heterocycles. The van der Waals surface area contributed by atoms with E-state index in [1.807, 2.05) is 13.0 Å². The highest BCUT2D eigenvalue weighted by Crippen LogP contribution is 2.53. The summed E-state index contributed by atoms with van der Waals surface area (Å²) < 4.78 is 5.85. The highest BCUT2D eigenvalue weighted by Gasteiger charge is 2.63. The van der Waals surface area contributed by atoms with Gasteiger partial charge in [0.05, 0.1) is 5.60 Å². The standard InChI is InChI=1S/C20H30O4/c1-13(2)15-8-7-14-6-5-9-19(4,24-17(14)21)20(23)11-10-18(3,22)16(20)12-15/h6,12-13,16,22-23H,5,7-11H2,1-4H3. The Kier molecular flexibility index (Phi) is 4.20. The third-order valence-electron chi connectivity index (χ3n) is 6.51. The van der Waals surface area contributed by atoms with Crippen LogP contribution in [0.1, 0.15) is 66.2 Å². The normalized spacial score (nSPS) is 43.0. The second-order valence-corrected chi connectivity index (χ2v) is 8.54. The lowest BCUT2D eigenvalue weighted by atomic mass is 9.70. The maximum Gasteiger partial charge on any atom is 0.334 e. The molecule has 0 spiro atoms. The van der Waals surface area contributed by atoms with Crippen LogP contribution in [0, 0.1) is 11.8 Å². The summed E-state index contributed by atoms with van der Waals surface area (Å²) in [5.74, 6) is -0.423. The number of carbonyl (C=O) groups excluding carboxylic acids is 1. The lowest BCUT2D eigenvalue weighted by molar-refractivity contribution is -0.202. The molecule has 4 heteroatoms. The van der Waals surface area contributed by atoms with Crippen molar-refractivity contribution in [3.05, 3.63) is 23.3 Å². The number of hydrogen-bond acceptors (Lipinski definition) is 4. The molecule has 3 rings (SSSR count). The summed E-state index contributed by atoms with van der Waals surface area (Å²) in [5.41, 5.74) is -1.30. The van der Waals surface area contributed by atoms with Gasteiger partial charge in [0.25, 0.3) is 0 Å². The topological polar surface area (TPSA) is 66.8 Å². The predicted octanol–water partition coefficient (Wildman–Crippen LogP) is 3.28. The summed E-state index contributed by atoms with van der Waals surface area (Å²) in [7, 11) is 0. The van der Waals surface area contributed by atoms with Crippen molar-refractivity contribution in [2.24, 2.45) is 11.8 Å². The maximum absolute atomic E-state index is 12.6. The minimum atomic E-state index is -1.24. The maximum atomic E-state index is 12.6. The number of aliphatic hydroxyl groups is 2. The van der Waals surface area contributed by atoms with E-state index in [1.165, 1.54) is 5.57 Å². The third-order valence-corrected chi connectivity index (χ3v) is 6.51. The van der Waals surface area contributed by atoms with Crippen LogP contribution < -0.4 is 0 Å². The van der Waals surface area contributed by atoms with E-state index in [4.69, 9.17) is 4.74 Å². The van der Waals surface area contributed by atoms with Gasteiger partial charge in [-0.25, -0.2) is 4.79 Å². The second kappa shape index (κ2) is 5.70. The van der Waals surface area contributed by atoms with Crippen molar-refractivity contribution in [3.8, 4) is 0 Å². The Hall–Kier alpha value is -1.13. The Balaban J connectivity index is 2.17. The molecule has 0 radical (unpaired) electrons. The first-order chi connectivity index (χ1) is 11.1. The Morgan fingerprint density at radius 2 is 1.88 bits per heavy atom. The summed E-state index contributed by atoms with van der Waals surface area (Å²) in [5, 5.41) is 22.6. The van der Waals surface area contributed by atoms with Crippen molar-refractivity contribution >= 4 is 5.97 Å². The van der Waals surface area contributed by atoms with Crippen LogP contribution in [0.4, 0.5) is 0 Å². The fourth-order valence-electron chi connectivity index (χ4n) is 4.67. The smallest absolute Gasteiger partial charge is 0.334 e. The Morgan fingerprint density at radius 1 is 1.17 bits per heavy atom. The molecule has 24 heavy (non-hydrogen) atoms. The van der Waals surface area contributed by atoms with Crippen LogP contribution in [0.5, 0.6) is 0 Å². The van der Waals surface area contributed by atoms with Gasteiger partial charge in [-0.15, -0.1) is 0 Å². The van der Waals surface area contributed by atoms with Crippen molar-refractivity contribution in [3.63, 3.8) is 0 Å². The van der Waals surface area contributed by atoms with Crippen molar-refractivity contribution < 1.29 is 19.7 Å².